The Kier molecular flexibility index (Phi) is 10.00. The fraction of sp³-hybridized carbons (Fsp3) is 0.217. The van der Waals surface area contributed by atoms with E-state index in [1.807, 2.05) is 0 Å². The molecule has 0 unspecified atom stereocenters. The quantitative estimate of drug-likeness (QED) is 0.183. The third kappa shape index (κ3) is 8.71. The lowest BCUT2D eigenvalue weighted by molar-refractivity contribution is -0.124. The lowest BCUT2D eigenvalue weighted by atomic mass is 10.1. The van der Waals surface area contributed by atoms with Gasteiger partial charge in [0.05, 0.1) is 12.3 Å². The zero-order valence-electron chi connectivity index (χ0n) is 17.8. The first-order chi connectivity index (χ1) is 15.8. The summed E-state index contributed by atoms with van der Waals surface area (Å²) in [5.41, 5.74) is 2.38. The minimum absolute atomic E-state index is 0.126. The van der Waals surface area contributed by atoms with Crippen LogP contribution in [0.3, 0.4) is 0 Å². The molecular formula is C23H24F2N2O6. The van der Waals surface area contributed by atoms with Gasteiger partial charge in [-0.1, -0.05) is 24.3 Å². The van der Waals surface area contributed by atoms with Crippen molar-refractivity contribution >= 4 is 17.7 Å². The second-order valence-corrected chi connectivity index (χ2v) is 6.79. The molecule has 0 aliphatic carbocycles. The number of rotatable bonds is 10. The number of carbonyl (C=O) groups excluding carboxylic acids is 2. The second-order valence-electron chi connectivity index (χ2n) is 6.79. The zero-order valence-corrected chi connectivity index (χ0v) is 17.8. The number of halogens is 2. The van der Waals surface area contributed by atoms with Crippen LogP contribution < -0.4 is 15.5 Å². The zero-order chi connectivity index (χ0) is 24.2. The minimum Gasteiger partial charge on any atom is -0.491 e. The van der Waals surface area contributed by atoms with Crippen LogP contribution >= 0.6 is 0 Å². The van der Waals surface area contributed by atoms with Gasteiger partial charge in [-0.05, 0) is 42.3 Å². The standard InChI is InChI=1S/C23H24F2N2O6/c1-15(13-22(29)27-31)3-2-4-21(16-5-8-18(9-6-16)32-12-11-28)33-23(30)26-20-10-7-17(24)14-19(20)25/h2-3,5-10,13-14,21,28,31H,4,11-12H2,1H3,(H,26,30)(H,27,29)/b3-2+,15-13+/t21-/m1/s1. The number of hydrogen-bond acceptors (Lipinski definition) is 6. The van der Waals surface area contributed by atoms with Gasteiger partial charge in [-0.2, -0.15) is 0 Å². The van der Waals surface area contributed by atoms with Crippen molar-refractivity contribution in [2.75, 3.05) is 18.5 Å². The number of ether oxygens (including phenoxy) is 2. The van der Waals surface area contributed by atoms with Crippen LogP contribution in [-0.4, -0.2) is 35.5 Å². The van der Waals surface area contributed by atoms with Gasteiger partial charge in [0.2, 0.25) is 0 Å². The number of anilines is 1. The molecule has 8 nitrogen and oxygen atoms in total. The molecular weight excluding hydrogens is 438 g/mol. The van der Waals surface area contributed by atoms with E-state index in [1.165, 1.54) is 11.6 Å². The molecule has 33 heavy (non-hydrogen) atoms. The molecule has 10 heteroatoms. The Morgan fingerprint density at radius 3 is 2.52 bits per heavy atom. The fourth-order valence-corrected chi connectivity index (χ4v) is 2.72. The molecule has 0 radical (unpaired) electrons. The van der Waals surface area contributed by atoms with Crippen molar-refractivity contribution in [3.05, 3.63) is 83.5 Å². The van der Waals surface area contributed by atoms with E-state index in [4.69, 9.17) is 19.8 Å². The van der Waals surface area contributed by atoms with Crippen LogP contribution in [0.15, 0.2) is 66.3 Å². The first-order valence-corrected chi connectivity index (χ1v) is 9.87. The maximum atomic E-state index is 13.8. The number of hydrogen-bond donors (Lipinski definition) is 4. The van der Waals surface area contributed by atoms with Crippen LogP contribution in [0.25, 0.3) is 0 Å². The molecule has 0 aliphatic heterocycles. The van der Waals surface area contributed by atoms with E-state index >= 15 is 0 Å². The Labute approximate surface area is 189 Å². The van der Waals surface area contributed by atoms with Crippen LogP contribution in [0.4, 0.5) is 19.3 Å². The Hall–Kier alpha value is -3.76. The summed E-state index contributed by atoms with van der Waals surface area (Å²) in [6.07, 6.45) is 2.87. The Morgan fingerprint density at radius 1 is 1.15 bits per heavy atom. The molecule has 0 spiro atoms. The van der Waals surface area contributed by atoms with Crippen LogP contribution in [0.2, 0.25) is 0 Å². The first-order valence-electron chi connectivity index (χ1n) is 9.87. The van der Waals surface area contributed by atoms with Crippen molar-refractivity contribution in [3.63, 3.8) is 0 Å². The lowest BCUT2D eigenvalue weighted by Gasteiger charge is -2.18. The highest BCUT2D eigenvalue weighted by Gasteiger charge is 2.17. The van der Waals surface area contributed by atoms with E-state index in [2.05, 4.69) is 5.32 Å². The predicted octanol–water partition coefficient (Wildman–Crippen LogP) is 4.02. The molecule has 2 aromatic rings. The van der Waals surface area contributed by atoms with Gasteiger partial charge in [0.15, 0.2) is 0 Å². The highest BCUT2D eigenvalue weighted by molar-refractivity contribution is 5.87. The fourth-order valence-electron chi connectivity index (χ4n) is 2.72. The van der Waals surface area contributed by atoms with Crippen molar-refractivity contribution < 1.29 is 38.2 Å². The van der Waals surface area contributed by atoms with Crippen LogP contribution in [0.5, 0.6) is 5.75 Å². The van der Waals surface area contributed by atoms with E-state index < -0.39 is 29.7 Å². The Morgan fingerprint density at radius 2 is 1.88 bits per heavy atom. The largest absolute Gasteiger partial charge is 0.491 e. The molecule has 0 saturated heterocycles. The Balaban J connectivity index is 2.15. The summed E-state index contributed by atoms with van der Waals surface area (Å²) in [5.74, 6) is -1.91. The maximum absolute atomic E-state index is 13.8. The maximum Gasteiger partial charge on any atom is 0.412 e. The van der Waals surface area contributed by atoms with Crippen molar-refractivity contribution in [3.8, 4) is 5.75 Å². The summed E-state index contributed by atoms with van der Waals surface area (Å²) in [4.78, 5) is 23.5. The molecule has 2 rings (SSSR count). The molecule has 176 valence electrons. The van der Waals surface area contributed by atoms with Crippen molar-refractivity contribution in [2.45, 2.75) is 19.4 Å². The number of hydroxylamine groups is 1. The third-order valence-electron chi connectivity index (χ3n) is 4.23. The van der Waals surface area contributed by atoms with E-state index in [0.29, 0.717) is 23.0 Å². The number of carbonyl (C=O) groups is 2. The number of aliphatic hydroxyl groups excluding tert-OH is 1. The lowest BCUT2D eigenvalue weighted by Crippen LogP contribution is -2.18. The van der Waals surface area contributed by atoms with Crippen LogP contribution in [-0.2, 0) is 9.53 Å². The molecule has 4 N–H and O–H groups in total. The number of aliphatic hydroxyl groups is 1. The summed E-state index contributed by atoms with van der Waals surface area (Å²) >= 11 is 0. The van der Waals surface area contributed by atoms with Crippen molar-refractivity contribution in [1.82, 2.24) is 5.48 Å². The van der Waals surface area contributed by atoms with Gasteiger partial charge < -0.3 is 14.6 Å². The summed E-state index contributed by atoms with van der Waals surface area (Å²) in [5, 5.41) is 19.7. The van der Waals surface area contributed by atoms with Crippen molar-refractivity contribution in [2.24, 2.45) is 0 Å². The molecule has 2 aromatic carbocycles. The Bertz CT molecular complexity index is 1010. The summed E-state index contributed by atoms with van der Waals surface area (Å²) in [7, 11) is 0. The smallest absolute Gasteiger partial charge is 0.412 e. The number of amides is 2. The molecule has 0 bridgehead atoms. The molecule has 1 atom stereocenters. The average Bonchev–Trinajstić information content (AvgIpc) is 2.79. The second kappa shape index (κ2) is 12.9. The van der Waals surface area contributed by atoms with Gasteiger partial charge in [0.25, 0.3) is 5.91 Å². The van der Waals surface area contributed by atoms with E-state index in [9.17, 15) is 18.4 Å². The molecule has 0 saturated carbocycles. The monoisotopic (exact) mass is 462 g/mol. The summed E-state index contributed by atoms with van der Waals surface area (Å²) < 4.78 is 37.7. The van der Waals surface area contributed by atoms with Gasteiger partial charge >= 0.3 is 6.09 Å². The topological polar surface area (TPSA) is 117 Å². The van der Waals surface area contributed by atoms with Crippen LogP contribution in [0, 0.1) is 11.6 Å². The van der Waals surface area contributed by atoms with Gasteiger partial charge in [-0.3, -0.25) is 15.3 Å². The molecule has 0 aliphatic rings. The van der Waals surface area contributed by atoms with E-state index in [-0.39, 0.29) is 25.3 Å². The summed E-state index contributed by atoms with van der Waals surface area (Å²) in [6.45, 7) is 1.62. The first kappa shape index (κ1) is 25.5. The van der Waals surface area contributed by atoms with Crippen LogP contribution in [0.1, 0.15) is 25.0 Å². The number of nitrogens with one attached hydrogen (secondary N) is 2. The average molecular weight is 462 g/mol. The van der Waals surface area contributed by atoms with Gasteiger partial charge in [0.1, 0.15) is 30.1 Å². The highest BCUT2D eigenvalue weighted by Crippen LogP contribution is 2.26. The molecule has 0 aromatic heterocycles. The predicted molar refractivity (Wildman–Crippen MR) is 116 cm³/mol. The summed E-state index contributed by atoms with van der Waals surface area (Å²) in [6, 6.07) is 9.32. The van der Waals surface area contributed by atoms with E-state index in [0.717, 1.165) is 12.1 Å². The van der Waals surface area contributed by atoms with Gasteiger partial charge in [-0.15, -0.1) is 0 Å². The minimum atomic E-state index is -0.952. The highest BCUT2D eigenvalue weighted by atomic mass is 19.1. The normalized spacial score (nSPS) is 12.3. The number of benzene rings is 2. The van der Waals surface area contributed by atoms with Crippen molar-refractivity contribution in [1.29, 1.82) is 0 Å². The molecule has 2 amide bonds. The van der Waals surface area contributed by atoms with Gasteiger partial charge in [0, 0.05) is 18.6 Å². The third-order valence-corrected chi connectivity index (χ3v) is 4.23. The molecule has 0 fully saturated rings. The number of allylic oxidation sites excluding steroid dienone is 2. The SMILES string of the molecule is CC(/C=C/C[C@@H](OC(=O)Nc1ccc(F)cc1F)c1ccc(OCCO)cc1)=C\C(=O)NO. The van der Waals surface area contributed by atoms with Gasteiger partial charge in [-0.25, -0.2) is 19.1 Å². The van der Waals surface area contributed by atoms with E-state index in [1.54, 1.807) is 43.3 Å². The molecule has 0 heterocycles.